The first kappa shape index (κ1) is 56.9. The summed E-state index contributed by atoms with van der Waals surface area (Å²) in [6, 6.07) is 0. The van der Waals surface area contributed by atoms with Crippen LogP contribution >= 0.6 is 0 Å². The minimum Gasteiger partial charge on any atom is -0.394 e. The molecule has 0 aromatic carbocycles. The molecule has 422 valence electrons. The van der Waals surface area contributed by atoms with Gasteiger partial charge >= 0.3 is 0 Å². The predicted molar refractivity (Wildman–Crippen MR) is 252 cm³/mol. The van der Waals surface area contributed by atoms with Gasteiger partial charge in [-0.1, -0.05) is 27.7 Å². The van der Waals surface area contributed by atoms with Crippen LogP contribution in [0.5, 0.6) is 0 Å². The molecule has 21 nitrogen and oxygen atoms in total. The molecule has 12 N–H and O–H groups in total. The van der Waals surface area contributed by atoms with Crippen LogP contribution in [0.2, 0.25) is 0 Å². The molecule has 9 aliphatic rings. The third kappa shape index (κ3) is 10.3. The topological polar surface area (TPSA) is 326 Å². The van der Waals surface area contributed by atoms with Crippen LogP contribution in [0.25, 0.3) is 0 Å². The van der Waals surface area contributed by atoms with Crippen molar-refractivity contribution in [2.45, 2.75) is 253 Å². The van der Waals surface area contributed by atoms with Gasteiger partial charge in [0.15, 0.2) is 25.2 Å². The van der Waals surface area contributed by atoms with Gasteiger partial charge in [0.1, 0.15) is 85.5 Å². The van der Waals surface area contributed by atoms with E-state index in [9.17, 15) is 61.3 Å². The van der Waals surface area contributed by atoms with Crippen LogP contribution in [0.3, 0.4) is 0 Å². The lowest BCUT2D eigenvalue weighted by Crippen LogP contribution is -2.66. The van der Waals surface area contributed by atoms with E-state index in [0.29, 0.717) is 48.3 Å². The maximum absolute atomic E-state index is 12.1. The van der Waals surface area contributed by atoms with E-state index in [1.807, 2.05) is 0 Å². The lowest BCUT2D eigenvalue weighted by Gasteiger charge is -2.61. The van der Waals surface area contributed by atoms with Crippen molar-refractivity contribution in [2.24, 2.45) is 52.3 Å². The number of rotatable bonds is 14. The van der Waals surface area contributed by atoms with Crippen molar-refractivity contribution < 1.29 is 104 Å². The minimum absolute atomic E-state index is 0.0509. The SMILES string of the molecule is C[C@@H](CC[C@@]1(C)O[C@H]2C[C@H]3[C@@H]4CC[C@H]5C[C@@H](O[C@@H]6O[C@H](CO)[C@@H](O[C@@H]7O[C@@H](C)[C@H](O)[C@@H](O)[C@H]7O)[C@H](O)[C@H]6O[C@@H]6O[C@@H](C)[C@H](O)[C@@H](O)[C@H]6O)CC[C@]5(C)[C@H]4CC[C@]3(C)[C@H]2[C@@H]1C)CO[C@@H]1O[C@H](CO)[C@@H](O)[C@H](O)[C@H]1O. The zero-order valence-electron chi connectivity index (χ0n) is 43.5. The summed E-state index contributed by atoms with van der Waals surface area (Å²) in [6.07, 6.45) is -19.1. The molecule has 5 aliphatic heterocycles. The third-order valence-corrected chi connectivity index (χ3v) is 20.5. The first-order chi connectivity index (χ1) is 34.5. The Morgan fingerprint density at radius 2 is 1.12 bits per heavy atom. The Kier molecular flexibility index (Phi) is 17.1. The molecule has 9 rings (SSSR count). The standard InChI is InChI=1S/C52H88O21/c1-21(20-65-46-40(61)39(60)36(57)31(18-53)69-46)10-15-52(7)22(2)33-30(73-52)17-29-27-9-8-25-16-26(11-13-50(25,5)28(27)12-14-51(29,33)6)68-49-45(72-48-42(63)38(59)35(56)24(4)67-48)43(64)44(32(19-54)70-49)71-47-41(62)37(58)34(55)23(3)66-47/h21-49,53-64H,8-20H2,1-7H3/t21-,22-,23-,24-,25-,26-,27+,28-,29-,30-,31+,32+,33-,34-,35-,36+,37+,38+,39-,40+,41+,42+,43-,44+,45+,46+,47-,48-,49+,50-,51-,52+/m0/s1. The molecule has 0 spiro atoms. The molecular formula is C52H88O21. The van der Waals surface area contributed by atoms with Gasteiger partial charge in [0.2, 0.25) is 0 Å². The number of aliphatic hydroxyl groups is 12. The van der Waals surface area contributed by atoms with Crippen molar-refractivity contribution in [2.75, 3.05) is 19.8 Å². The summed E-state index contributed by atoms with van der Waals surface area (Å²) in [4.78, 5) is 0. The highest BCUT2D eigenvalue weighted by Gasteiger charge is 2.68. The van der Waals surface area contributed by atoms with E-state index in [1.165, 1.54) is 13.8 Å². The highest BCUT2D eigenvalue weighted by atomic mass is 16.8. The molecular weight excluding hydrogens is 961 g/mol. The van der Waals surface area contributed by atoms with Gasteiger partial charge < -0.3 is 104 Å². The van der Waals surface area contributed by atoms with Crippen molar-refractivity contribution in [3.05, 3.63) is 0 Å². The number of ether oxygens (including phenoxy) is 9. The monoisotopic (exact) mass is 1050 g/mol. The molecule has 0 aromatic rings. The van der Waals surface area contributed by atoms with Crippen LogP contribution in [0, 0.1) is 52.3 Å². The van der Waals surface area contributed by atoms with Crippen molar-refractivity contribution in [3.8, 4) is 0 Å². The Balaban J connectivity index is 0.830. The van der Waals surface area contributed by atoms with E-state index in [-0.39, 0.29) is 41.2 Å². The fourth-order valence-electron chi connectivity index (χ4n) is 15.8. The van der Waals surface area contributed by atoms with Gasteiger partial charge in [0.05, 0.1) is 49.8 Å². The normalized spacial score (nSPS) is 56.6. The Morgan fingerprint density at radius 3 is 1.75 bits per heavy atom. The Labute approximate surface area is 428 Å². The Hall–Kier alpha value is -0.840. The molecule has 4 saturated carbocycles. The fraction of sp³-hybridized carbons (Fsp3) is 1.00. The van der Waals surface area contributed by atoms with Crippen molar-refractivity contribution in [1.29, 1.82) is 0 Å². The van der Waals surface area contributed by atoms with Gasteiger partial charge in [0.25, 0.3) is 0 Å². The third-order valence-electron chi connectivity index (χ3n) is 20.5. The number of hydrogen-bond acceptors (Lipinski definition) is 21. The molecule has 0 amide bonds. The molecule has 9 fully saturated rings. The Morgan fingerprint density at radius 1 is 0.548 bits per heavy atom. The molecule has 0 unspecified atom stereocenters. The summed E-state index contributed by atoms with van der Waals surface area (Å²) < 4.78 is 55.4. The molecule has 32 atom stereocenters. The van der Waals surface area contributed by atoms with Crippen LogP contribution < -0.4 is 0 Å². The first-order valence-electron chi connectivity index (χ1n) is 27.4. The summed E-state index contributed by atoms with van der Waals surface area (Å²) in [5, 5.41) is 127. The summed E-state index contributed by atoms with van der Waals surface area (Å²) in [5.74, 6) is 2.77. The van der Waals surface area contributed by atoms with Gasteiger partial charge in [-0.05, 0) is 137 Å². The van der Waals surface area contributed by atoms with Gasteiger partial charge in [-0.15, -0.1) is 0 Å². The maximum Gasteiger partial charge on any atom is 0.187 e. The molecule has 5 heterocycles. The van der Waals surface area contributed by atoms with Crippen LogP contribution in [0.15, 0.2) is 0 Å². The highest BCUT2D eigenvalue weighted by Crippen LogP contribution is 2.71. The number of fused-ring (bicyclic) bond motifs is 7. The summed E-state index contributed by atoms with van der Waals surface area (Å²) in [5.41, 5.74) is -0.141. The zero-order chi connectivity index (χ0) is 52.8. The van der Waals surface area contributed by atoms with Gasteiger partial charge in [0, 0.05) is 0 Å². The first-order valence-corrected chi connectivity index (χ1v) is 27.4. The minimum atomic E-state index is -1.73. The molecule has 4 aliphatic carbocycles. The second-order valence-corrected chi connectivity index (χ2v) is 24.7. The van der Waals surface area contributed by atoms with Crippen molar-refractivity contribution in [3.63, 3.8) is 0 Å². The largest absolute Gasteiger partial charge is 0.394 e. The van der Waals surface area contributed by atoms with E-state index >= 15 is 0 Å². The summed E-state index contributed by atoms with van der Waals surface area (Å²) in [7, 11) is 0. The van der Waals surface area contributed by atoms with E-state index in [2.05, 4.69) is 34.6 Å². The fourth-order valence-corrected chi connectivity index (χ4v) is 15.8. The smallest absolute Gasteiger partial charge is 0.187 e. The average molecular weight is 1050 g/mol. The van der Waals surface area contributed by atoms with Crippen molar-refractivity contribution in [1.82, 2.24) is 0 Å². The maximum atomic E-state index is 12.1. The van der Waals surface area contributed by atoms with Crippen molar-refractivity contribution >= 4 is 0 Å². The second kappa shape index (κ2) is 22.0. The predicted octanol–water partition coefficient (Wildman–Crippen LogP) is -0.830. The van der Waals surface area contributed by atoms with Crippen LogP contribution in [-0.2, 0) is 42.6 Å². The lowest BCUT2D eigenvalue weighted by atomic mass is 9.44. The van der Waals surface area contributed by atoms with Gasteiger partial charge in [-0.2, -0.15) is 0 Å². The summed E-state index contributed by atoms with van der Waals surface area (Å²) in [6.45, 7) is 13.7. The molecule has 21 heteroatoms. The average Bonchev–Trinajstić information content (AvgIpc) is 3.80. The van der Waals surface area contributed by atoms with Gasteiger partial charge in [-0.25, -0.2) is 0 Å². The molecule has 0 radical (unpaired) electrons. The summed E-state index contributed by atoms with van der Waals surface area (Å²) >= 11 is 0. The second-order valence-electron chi connectivity index (χ2n) is 24.7. The molecule has 5 saturated heterocycles. The molecule has 0 aromatic heterocycles. The van der Waals surface area contributed by atoms with E-state index in [0.717, 1.165) is 51.4 Å². The zero-order valence-corrected chi connectivity index (χ0v) is 43.5. The van der Waals surface area contributed by atoms with E-state index < -0.39 is 136 Å². The number of hydrogen-bond donors (Lipinski definition) is 12. The molecule has 0 bridgehead atoms. The van der Waals surface area contributed by atoms with E-state index in [4.69, 9.17) is 42.6 Å². The Bertz CT molecular complexity index is 1840. The quantitative estimate of drug-likeness (QED) is 0.0945. The number of aliphatic hydroxyl groups excluding tert-OH is 12. The van der Waals surface area contributed by atoms with Crippen LogP contribution in [0.4, 0.5) is 0 Å². The lowest BCUT2D eigenvalue weighted by molar-refractivity contribution is -0.389. The highest BCUT2D eigenvalue weighted by molar-refractivity contribution is 5.16. The van der Waals surface area contributed by atoms with E-state index in [1.54, 1.807) is 0 Å². The van der Waals surface area contributed by atoms with Crippen LogP contribution in [0.1, 0.15) is 113 Å². The van der Waals surface area contributed by atoms with Crippen LogP contribution in [-0.4, -0.2) is 222 Å². The van der Waals surface area contributed by atoms with Gasteiger partial charge in [-0.3, -0.25) is 0 Å². The molecule has 73 heavy (non-hydrogen) atoms.